The van der Waals surface area contributed by atoms with Gasteiger partial charge in [0.05, 0.1) is 0 Å². The maximum absolute atomic E-state index is 8.82. The van der Waals surface area contributed by atoms with E-state index in [9.17, 15) is 0 Å². The third-order valence-electron chi connectivity index (χ3n) is 2.52. The third kappa shape index (κ3) is 8.32. The lowest BCUT2D eigenvalue weighted by atomic mass is 9.71. The summed E-state index contributed by atoms with van der Waals surface area (Å²) in [5.74, 6) is 0.0335. The summed E-state index contributed by atoms with van der Waals surface area (Å²) in [6.07, 6.45) is 8.53. The molecular weight excluding hydrogens is 163 g/mol. The first-order chi connectivity index (χ1) is 6.18. The second-order valence-electron chi connectivity index (χ2n) is 3.95. The number of rotatable bonds is 8. The van der Waals surface area contributed by atoms with Crippen molar-refractivity contribution < 1.29 is 10.0 Å². The quantitative estimate of drug-likeness (QED) is 0.451. The fourth-order valence-corrected chi connectivity index (χ4v) is 1.40. The molecule has 0 saturated heterocycles. The predicted molar refractivity (Wildman–Crippen MR) is 57.6 cm³/mol. The Morgan fingerprint density at radius 2 is 1.54 bits per heavy atom. The van der Waals surface area contributed by atoms with Crippen LogP contribution in [0.5, 0.6) is 0 Å². The highest BCUT2D eigenvalue weighted by Crippen LogP contribution is 2.16. The van der Waals surface area contributed by atoms with Crippen molar-refractivity contribution >= 4 is 7.12 Å². The number of hydrogen-bond acceptors (Lipinski definition) is 2. The maximum atomic E-state index is 8.82. The summed E-state index contributed by atoms with van der Waals surface area (Å²) in [6, 6.07) is 0. The van der Waals surface area contributed by atoms with Gasteiger partial charge in [-0.3, -0.25) is 0 Å². The molecule has 0 aliphatic carbocycles. The van der Waals surface area contributed by atoms with Crippen LogP contribution in [-0.2, 0) is 0 Å². The summed E-state index contributed by atoms with van der Waals surface area (Å²) in [4.78, 5) is 0. The molecule has 0 bridgehead atoms. The molecular formula is C10H23BO2. The van der Waals surface area contributed by atoms with Gasteiger partial charge in [-0.1, -0.05) is 58.8 Å². The standard InChI is InChI=1S/C10H23BO2/c1-3-4-5-6-7-8-9-10(2)11(12)13/h10,12-13H,3-9H2,1-2H3. The molecule has 2 N–H and O–H groups in total. The van der Waals surface area contributed by atoms with E-state index in [1.165, 1.54) is 32.1 Å². The van der Waals surface area contributed by atoms with Crippen LogP contribution in [0.3, 0.4) is 0 Å². The molecule has 0 saturated carbocycles. The lowest BCUT2D eigenvalue weighted by Gasteiger charge is -2.08. The van der Waals surface area contributed by atoms with E-state index in [2.05, 4.69) is 6.92 Å². The minimum absolute atomic E-state index is 0.0335. The molecule has 0 fully saturated rings. The first kappa shape index (κ1) is 13.0. The lowest BCUT2D eigenvalue weighted by molar-refractivity contribution is 0.380. The molecule has 2 nitrogen and oxygen atoms in total. The molecule has 0 aromatic heterocycles. The summed E-state index contributed by atoms with van der Waals surface area (Å²) in [5, 5.41) is 17.6. The third-order valence-corrected chi connectivity index (χ3v) is 2.52. The van der Waals surface area contributed by atoms with E-state index in [1.54, 1.807) is 0 Å². The zero-order valence-electron chi connectivity index (χ0n) is 9.00. The summed E-state index contributed by atoms with van der Waals surface area (Å²) >= 11 is 0. The van der Waals surface area contributed by atoms with Crippen molar-refractivity contribution in [3.8, 4) is 0 Å². The Bertz CT molecular complexity index is 107. The monoisotopic (exact) mass is 186 g/mol. The predicted octanol–water partition coefficient (Wildman–Crippen LogP) is 2.60. The Morgan fingerprint density at radius 1 is 1.00 bits per heavy atom. The van der Waals surface area contributed by atoms with Gasteiger partial charge >= 0.3 is 7.12 Å². The highest BCUT2D eigenvalue weighted by Gasteiger charge is 2.16. The van der Waals surface area contributed by atoms with Gasteiger partial charge in [0.1, 0.15) is 0 Å². The highest BCUT2D eigenvalue weighted by atomic mass is 16.4. The van der Waals surface area contributed by atoms with Crippen molar-refractivity contribution in [1.29, 1.82) is 0 Å². The van der Waals surface area contributed by atoms with Crippen molar-refractivity contribution in [1.82, 2.24) is 0 Å². The topological polar surface area (TPSA) is 40.5 Å². The number of unbranched alkanes of at least 4 members (excludes halogenated alkanes) is 5. The van der Waals surface area contributed by atoms with Crippen molar-refractivity contribution in [2.45, 2.75) is 64.6 Å². The normalized spacial score (nSPS) is 12.9. The molecule has 1 unspecified atom stereocenters. The van der Waals surface area contributed by atoms with Crippen LogP contribution < -0.4 is 0 Å². The molecule has 78 valence electrons. The molecule has 0 rings (SSSR count). The summed E-state index contributed by atoms with van der Waals surface area (Å²) < 4.78 is 0. The first-order valence-electron chi connectivity index (χ1n) is 5.54. The Labute approximate surface area is 82.5 Å². The molecule has 3 heteroatoms. The van der Waals surface area contributed by atoms with E-state index in [0.29, 0.717) is 0 Å². The minimum Gasteiger partial charge on any atom is -0.427 e. The van der Waals surface area contributed by atoms with Crippen LogP contribution in [0.25, 0.3) is 0 Å². The van der Waals surface area contributed by atoms with Gasteiger partial charge in [0, 0.05) is 0 Å². The van der Waals surface area contributed by atoms with Crippen molar-refractivity contribution in [3.05, 3.63) is 0 Å². The van der Waals surface area contributed by atoms with Crippen LogP contribution in [0.4, 0.5) is 0 Å². The second-order valence-corrected chi connectivity index (χ2v) is 3.95. The average Bonchev–Trinajstić information content (AvgIpc) is 2.10. The minimum atomic E-state index is -1.13. The molecule has 0 spiro atoms. The Balaban J connectivity index is 3.07. The van der Waals surface area contributed by atoms with Gasteiger partial charge in [0.15, 0.2) is 0 Å². The molecule has 0 aliphatic heterocycles. The van der Waals surface area contributed by atoms with Crippen molar-refractivity contribution in [3.63, 3.8) is 0 Å². The largest absolute Gasteiger partial charge is 0.454 e. The fraction of sp³-hybridized carbons (Fsp3) is 1.00. The lowest BCUT2D eigenvalue weighted by Crippen LogP contribution is -2.17. The molecule has 13 heavy (non-hydrogen) atoms. The Kier molecular flexibility index (Phi) is 8.57. The van der Waals surface area contributed by atoms with Crippen LogP contribution in [0.15, 0.2) is 0 Å². The molecule has 0 amide bonds. The summed E-state index contributed by atoms with van der Waals surface area (Å²) in [5.41, 5.74) is 0. The fourth-order valence-electron chi connectivity index (χ4n) is 1.40. The van der Waals surface area contributed by atoms with Gasteiger partial charge < -0.3 is 10.0 Å². The average molecular weight is 186 g/mol. The van der Waals surface area contributed by atoms with E-state index in [4.69, 9.17) is 10.0 Å². The second kappa shape index (κ2) is 8.58. The van der Waals surface area contributed by atoms with Gasteiger partial charge in [0.25, 0.3) is 0 Å². The SMILES string of the molecule is CCCCCCCCC(C)B(O)O. The molecule has 1 atom stereocenters. The molecule has 0 aliphatic rings. The Morgan fingerprint density at radius 3 is 2.08 bits per heavy atom. The van der Waals surface area contributed by atoms with Crippen LogP contribution in [0.1, 0.15) is 58.8 Å². The van der Waals surface area contributed by atoms with Gasteiger partial charge in [0.2, 0.25) is 0 Å². The summed E-state index contributed by atoms with van der Waals surface area (Å²) in [6.45, 7) is 4.10. The van der Waals surface area contributed by atoms with E-state index in [0.717, 1.165) is 12.8 Å². The van der Waals surface area contributed by atoms with E-state index in [-0.39, 0.29) is 5.82 Å². The number of hydrogen-bond donors (Lipinski definition) is 2. The Hall–Kier alpha value is -0.0151. The van der Waals surface area contributed by atoms with E-state index < -0.39 is 7.12 Å². The van der Waals surface area contributed by atoms with Crippen molar-refractivity contribution in [2.75, 3.05) is 0 Å². The van der Waals surface area contributed by atoms with Crippen LogP contribution in [0, 0.1) is 0 Å². The van der Waals surface area contributed by atoms with Crippen LogP contribution >= 0.6 is 0 Å². The van der Waals surface area contributed by atoms with Crippen LogP contribution in [-0.4, -0.2) is 17.2 Å². The van der Waals surface area contributed by atoms with Gasteiger partial charge in [-0.25, -0.2) is 0 Å². The molecule has 0 aromatic rings. The van der Waals surface area contributed by atoms with Crippen molar-refractivity contribution in [2.24, 2.45) is 0 Å². The van der Waals surface area contributed by atoms with Gasteiger partial charge in [-0.05, 0) is 5.82 Å². The zero-order chi connectivity index (χ0) is 10.1. The molecule has 0 radical (unpaired) electrons. The van der Waals surface area contributed by atoms with E-state index >= 15 is 0 Å². The van der Waals surface area contributed by atoms with Gasteiger partial charge in [-0.2, -0.15) is 0 Å². The molecule has 0 heterocycles. The van der Waals surface area contributed by atoms with E-state index in [1.807, 2.05) is 6.92 Å². The maximum Gasteiger partial charge on any atom is 0.454 e. The molecule has 0 aromatic carbocycles. The smallest absolute Gasteiger partial charge is 0.427 e. The zero-order valence-corrected chi connectivity index (χ0v) is 9.00. The first-order valence-corrected chi connectivity index (χ1v) is 5.54. The van der Waals surface area contributed by atoms with Crippen LogP contribution in [0.2, 0.25) is 5.82 Å². The highest BCUT2D eigenvalue weighted by molar-refractivity contribution is 6.42. The summed E-state index contributed by atoms with van der Waals surface area (Å²) in [7, 11) is -1.13. The van der Waals surface area contributed by atoms with Gasteiger partial charge in [-0.15, -0.1) is 0 Å².